The third kappa shape index (κ3) is 2.91. The number of rotatable bonds is 3. The molecule has 2 aromatic rings. The number of ether oxygens (including phenoxy) is 1. The average molecular weight is 368 g/mol. The fraction of sp³-hybridized carbons (Fsp3) is 0.200. The van der Waals surface area contributed by atoms with Gasteiger partial charge in [0.25, 0.3) is 0 Å². The molecule has 0 bridgehead atoms. The van der Waals surface area contributed by atoms with E-state index in [9.17, 15) is 8.42 Å². The number of benzene rings is 2. The maximum atomic E-state index is 12.5. The predicted molar refractivity (Wildman–Crippen MR) is 85.1 cm³/mol. The van der Waals surface area contributed by atoms with Gasteiger partial charge >= 0.3 is 0 Å². The van der Waals surface area contributed by atoms with Crippen LogP contribution in [-0.2, 0) is 22.0 Å². The molecule has 1 aliphatic heterocycles. The van der Waals surface area contributed by atoms with Gasteiger partial charge in [-0.3, -0.25) is 0 Å². The Hall–Kier alpha value is -1.53. The first-order valence-corrected chi connectivity index (χ1v) is 8.93. The fourth-order valence-electron chi connectivity index (χ4n) is 2.45. The van der Waals surface area contributed by atoms with Gasteiger partial charge in [-0.1, -0.05) is 22.0 Å². The van der Waals surface area contributed by atoms with E-state index in [-0.39, 0.29) is 10.6 Å². The van der Waals surface area contributed by atoms with Crippen LogP contribution in [0, 0.1) is 0 Å². The van der Waals surface area contributed by atoms with E-state index in [4.69, 9.17) is 10.5 Å². The predicted octanol–water partition coefficient (Wildman–Crippen LogP) is 2.94. The molecule has 1 heterocycles. The second-order valence-corrected chi connectivity index (χ2v) is 7.89. The summed E-state index contributed by atoms with van der Waals surface area (Å²) in [5, 5.41) is 0. The van der Waals surface area contributed by atoms with Gasteiger partial charge in [0.1, 0.15) is 5.75 Å². The van der Waals surface area contributed by atoms with Gasteiger partial charge in [0.15, 0.2) is 9.84 Å². The van der Waals surface area contributed by atoms with Crippen molar-refractivity contribution in [3.63, 3.8) is 0 Å². The first-order valence-electron chi connectivity index (χ1n) is 6.48. The molecule has 0 unspecified atom stereocenters. The topological polar surface area (TPSA) is 69.4 Å². The van der Waals surface area contributed by atoms with Crippen LogP contribution in [0.2, 0.25) is 0 Å². The van der Waals surface area contributed by atoms with Gasteiger partial charge < -0.3 is 10.5 Å². The molecule has 4 nitrogen and oxygen atoms in total. The Labute approximate surface area is 132 Å². The van der Waals surface area contributed by atoms with Crippen molar-refractivity contribution in [3.05, 3.63) is 52.0 Å². The van der Waals surface area contributed by atoms with Crippen LogP contribution in [0.1, 0.15) is 11.1 Å². The summed E-state index contributed by atoms with van der Waals surface area (Å²) in [7, 11) is -3.45. The highest BCUT2D eigenvalue weighted by molar-refractivity contribution is 9.10. The van der Waals surface area contributed by atoms with E-state index in [1.807, 2.05) is 6.07 Å². The van der Waals surface area contributed by atoms with Crippen LogP contribution in [0.4, 0.5) is 5.69 Å². The van der Waals surface area contributed by atoms with Gasteiger partial charge in [0.2, 0.25) is 0 Å². The van der Waals surface area contributed by atoms with Gasteiger partial charge in [-0.15, -0.1) is 0 Å². The Morgan fingerprint density at radius 1 is 1.24 bits per heavy atom. The molecule has 0 saturated heterocycles. The van der Waals surface area contributed by atoms with Crippen molar-refractivity contribution in [3.8, 4) is 5.75 Å². The van der Waals surface area contributed by atoms with Gasteiger partial charge in [-0.2, -0.15) is 0 Å². The van der Waals surface area contributed by atoms with E-state index < -0.39 is 9.84 Å². The highest BCUT2D eigenvalue weighted by Gasteiger charge is 2.23. The zero-order chi connectivity index (χ0) is 15.0. The highest BCUT2D eigenvalue weighted by Crippen LogP contribution is 2.35. The summed E-state index contributed by atoms with van der Waals surface area (Å²) < 4.78 is 31.5. The van der Waals surface area contributed by atoms with E-state index in [0.29, 0.717) is 23.6 Å². The molecule has 1 aliphatic rings. The van der Waals surface area contributed by atoms with E-state index in [1.165, 1.54) is 6.07 Å². The molecule has 0 radical (unpaired) electrons. The maximum absolute atomic E-state index is 12.5. The van der Waals surface area contributed by atoms with Crippen molar-refractivity contribution in [2.75, 3.05) is 12.3 Å². The van der Waals surface area contributed by atoms with Crippen molar-refractivity contribution < 1.29 is 13.2 Å². The normalized spacial score (nSPS) is 13.8. The van der Waals surface area contributed by atoms with Crippen LogP contribution in [-0.4, -0.2) is 15.0 Å². The highest BCUT2D eigenvalue weighted by atomic mass is 79.9. The fourth-order valence-corrected chi connectivity index (χ4v) is 4.39. The second-order valence-electron chi connectivity index (χ2n) is 4.98. The molecule has 0 spiro atoms. The lowest BCUT2D eigenvalue weighted by atomic mass is 10.1. The molecular weight excluding hydrogens is 354 g/mol. The quantitative estimate of drug-likeness (QED) is 0.846. The van der Waals surface area contributed by atoms with Gasteiger partial charge in [0.05, 0.1) is 17.3 Å². The third-order valence-corrected chi connectivity index (χ3v) is 5.51. The van der Waals surface area contributed by atoms with Crippen molar-refractivity contribution >= 4 is 31.5 Å². The van der Waals surface area contributed by atoms with Crippen LogP contribution in [0.5, 0.6) is 5.75 Å². The standard InChI is InChI=1S/C15H14BrNO3S/c16-12-6-10-4-5-20-15(10)11(7-12)9-21(18,19)14-3-1-2-13(17)8-14/h1-3,6-8H,4-5,9,17H2. The van der Waals surface area contributed by atoms with E-state index in [0.717, 1.165) is 16.5 Å². The van der Waals surface area contributed by atoms with Crippen molar-refractivity contribution in [1.82, 2.24) is 0 Å². The van der Waals surface area contributed by atoms with Gasteiger partial charge in [-0.05, 0) is 35.9 Å². The Morgan fingerprint density at radius 2 is 2.05 bits per heavy atom. The van der Waals surface area contributed by atoms with Gasteiger partial charge in [-0.25, -0.2) is 8.42 Å². The Bertz CT molecular complexity index is 803. The van der Waals surface area contributed by atoms with Crippen molar-refractivity contribution in [2.24, 2.45) is 0 Å². The molecule has 0 aromatic heterocycles. The lowest BCUT2D eigenvalue weighted by Gasteiger charge is -2.10. The minimum atomic E-state index is -3.45. The van der Waals surface area contributed by atoms with Crippen LogP contribution in [0.15, 0.2) is 45.8 Å². The zero-order valence-electron chi connectivity index (χ0n) is 11.2. The number of sulfone groups is 1. The summed E-state index contributed by atoms with van der Waals surface area (Å²) in [6.07, 6.45) is 0.806. The minimum absolute atomic E-state index is 0.0990. The Balaban J connectivity index is 2.01. The molecule has 2 N–H and O–H groups in total. The first kappa shape index (κ1) is 14.4. The zero-order valence-corrected chi connectivity index (χ0v) is 13.6. The second kappa shape index (κ2) is 5.35. The molecule has 0 amide bonds. The van der Waals surface area contributed by atoms with Crippen molar-refractivity contribution in [2.45, 2.75) is 17.1 Å². The summed E-state index contributed by atoms with van der Waals surface area (Å²) in [5.74, 6) is 0.601. The van der Waals surface area contributed by atoms with E-state index in [2.05, 4.69) is 15.9 Å². The summed E-state index contributed by atoms with van der Waals surface area (Å²) in [4.78, 5) is 0.231. The minimum Gasteiger partial charge on any atom is -0.493 e. The number of nitrogens with two attached hydrogens (primary N) is 1. The number of halogens is 1. The summed E-state index contributed by atoms with van der Waals surface area (Å²) in [6, 6.07) is 10.1. The lowest BCUT2D eigenvalue weighted by Crippen LogP contribution is -2.07. The molecule has 2 aromatic carbocycles. The molecule has 21 heavy (non-hydrogen) atoms. The molecule has 3 rings (SSSR count). The first-order chi connectivity index (χ1) is 9.95. The molecule has 0 saturated carbocycles. The largest absolute Gasteiger partial charge is 0.493 e. The summed E-state index contributed by atoms with van der Waals surface area (Å²) >= 11 is 3.42. The Kier molecular flexibility index (Phi) is 3.67. The van der Waals surface area contributed by atoms with Crippen LogP contribution in [0.25, 0.3) is 0 Å². The molecule has 0 aliphatic carbocycles. The molecule has 6 heteroatoms. The Morgan fingerprint density at radius 3 is 2.81 bits per heavy atom. The smallest absolute Gasteiger partial charge is 0.182 e. The monoisotopic (exact) mass is 367 g/mol. The number of anilines is 1. The summed E-state index contributed by atoms with van der Waals surface area (Å²) in [5.41, 5.74) is 7.83. The molecule has 110 valence electrons. The molecular formula is C15H14BrNO3S. The third-order valence-electron chi connectivity index (χ3n) is 3.39. The SMILES string of the molecule is Nc1cccc(S(=O)(=O)Cc2cc(Br)cc3c2OCC3)c1. The number of hydrogen-bond donors (Lipinski definition) is 1. The van der Waals surface area contributed by atoms with Crippen LogP contribution < -0.4 is 10.5 Å². The van der Waals surface area contributed by atoms with Crippen molar-refractivity contribution in [1.29, 1.82) is 0 Å². The number of nitrogen functional groups attached to an aromatic ring is 1. The van der Waals surface area contributed by atoms with Crippen LogP contribution >= 0.6 is 15.9 Å². The van der Waals surface area contributed by atoms with E-state index >= 15 is 0 Å². The van der Waals surface area contributed by atoms with E-state index in [1.54, 1.807) is 24.3 Å². The molecule has 0 atom stereocenters. The maximum Gasteiger partial charge on any atom is 0.182 e. The lowest BCUT2D eigenvalue weighted by molar-refractivity contribution is 0.354. The number of fused-ring (bicyclic) bond motifs is 1. The average Bonchev–Trinajstić information content (AvgIpc) is 2.86. The van der Waals surface area contributed by atoms with Crippen LogP contribution in [0.3, 0.4) is 0 Å². The molecule has 0 fully saturated rings. The summed E-state index contributed by atoms with van der Waals surface area (Å²) in [6.45, 7) is 0.594. The number of hydrogen-bond acceptors (Lipinski definition) is 4. The van der Waals surface area contributed by atoms with Gasteiger partial charge in [0, 0.05) is 22.1 Å².